The molecule has 1 saturated heterocycles. The topological polar surface area (TPSA) is 81.8 Å². The normalized spacial score (nSPS) is 19.1. The molecule has 0 aliphatic carbocycles. The number of fused-ring (bicyclic) bond motifs is 1. The number of benzene rings is 1. The maximum Gasteiger partial charge on any atom is 0.423 e. The standard InChI is InChI=1S/C22H26F3N5O3/c1-28-7-9-29(10-8-28)19(31)6-11-33-14-18-16-5-3-2-4-15(16)13-30(18)17-12-26-27-21(32)20(17)22(23,24)25/h2-5,12,18H,6-11,13-14H2,1H3,(H,27,32)/t18-/m0/s1. The summed E-state index contributed by atoms with van der Waals surface area (Å²) in [6.07, 6.45) is -3.60. The van der Waals surface area contributed by atoms with Gasteiger partial charge in [-0.2, -0.15) is 18.3 Å². The van der Waals surface area contributed by atoms with E-state index in [1.807, 2.05) is 36.4 Å². The molecule has 1 atom stereocenters. The Kier molecular flexibility index (Phi) is 6.71. The van der Waals surface area contributed by atoms with Gasteiger partial charge in [0.2, 0.25) is 5.91 Å². The first-order valence-electron chi connectivity index (χ1n) is 10.8. The maximum atomic E-state index is 13.7. The third-order valence-electron chi connectivity index (χ3n) is 6.15. The van der Waals surface area contributed by atoms with Gasteiger partial charge in [0.1, 0.15) is 5.56 Å². The van der Waals surface area contributed by atoms with Crippen molar-refractivity contribution in [2.75, 3.05) is 51.3 Å². The average molecular weight is 465 g/mol. The minimum absolute atomic E-state index is 0.00456. The number of carbonyl (C=O) groups is 1. The number of hydrogen-bond donors (Lipinski definition) is 1. The monoisotopic (exact) mass is 465 g/mol. The number of hydrogen-bond acceptors (Lipinski definition) is 6. The molecule has 0 bridgehead atoms. The zero-order valence-corrected chi connectivity index (χ0v) is 18.3. The van der Waals surface area contributed by atoms with E-state index in [-0.39, 0.29) is 37.8 Å². The highest BCUT2D eigenvalue weighted by molar-refractivity contribution is 5.76. The van der Waals surface area contributed by atoms with E-state index in [1.54, 1.807) is 4.90 Å². The second kappa shape index (κ2) is 9.52. The molecule has 0 saturated carbocycles. The number of H-pyrrole nitrogens is 1. The summed E-state index contributed by atoms with van der Waals surface area (Å²) < 4.78 is 46.8. The molecule has 11 heteroatoms. The summed E-state index contributed by atoms with van der Waals surface area (Å²) in [5, 5.41) is 5.48. The number of ether oxygens (including phenoxy) is 1. The quantitative estimate of drug-likeness (QED) is 0.658. The van der Waals surface area contributed by atoms with Crippen LogP contribution in [0.2, 0.25) is 0 Å². The van der Waals surface area contributed by atoms with E-state index in [0.29, 0.717) is 13.1 Å². The van der Waals surface area contributed by atoms with E-state index in [4.69, 9.17) is 4.74 Å². The lowest BCUT2D eigenvalue weighted by molar-refractivity contribution is -0.138. The Balaban J connectivity index is 1.47. The molecule has 1 N–H and O–H groups in total. The average Bonchev–Trinajstić information content (AvgIpc) is 3.14. The third-order valence-corrected chi connectivity index (χ3v) is 6.15. The molecule has 33 heavy (non-hydrogen) atoms. The first-order chi connectivity index (χ1) is 15.8. The molecule has 2 aliphatic rings. The molecule has 8 nitrogen and oxygen atoms in total. The molecule has 0 radical (unpaired) electrons. The van der Waals surface area contributed by atoms with E-state index >= 15 is 0 Å². The van der Waals surface area contributed by atoms with Gasteiger partial charge in [-0.3, -0.25) is 9.59 Å². The molecule has 1 aromatic heterocycles. The molecular formula is C22H26F3N5O3. The van der Waals surface area contributed by atoms with Crippen molar-refractivity contribution in [2.45, 2.75) is 25.2 Å². The van der Waals surface area contributed by atoms with Crippen molar-refractivity contribution >= 4 is 11.6 Å². The number of alkyl halides is 3. The second-order valence-corrected chi connectivity index (χ2v) is 8.31. The van der Waals surface area contributed by atoms with Crippen LogP contribution in [0.3, 0.4) is 0 Å². The van der Waals surface area contributed by atoms with Crippen molar-refractivity contribution in [1.82, 2.24) is 20.0 Å². The fraction of sp³-hybridized carbons (Fsp3) is 0.500. The highest BCUT2D eigenvalue weighted by atomic mass is 19.4. The predicted octanol–water partition coefficient (Wildman–Crippen LogP) is 2.03. The van der Waals surface area contributed by atoms with Crippen LogP contribution < -0.4 is 10.5 Å². The van der Waals surface area contributed by atoms with Crippen LogP contribution in [0, 0.1) is 0 Å². The molecule has 2 aliphatic heterocycles. The number of aromatic amines is 1. The number of nitrogens with zero attached hydrogens (tertiary/aromatic N) is 4. The van der Waals surface area contributed by atoms with E-state index in [0.717, 1.165) is 30.4 Å². The number of anilines is 1. The smallest absolute Gasteiger partial charge is 0.378 e. The lowest BCUT2D eigenvalue weighted by Crippen LogP contribution is -2.47. The van der Waals surface area contributed by atoms with Gasteiger partial charge >= 0.3 is 6.18 Å². The molecule has 2 aromatic rings. The predicted molar refractivity (Wildman–Crippen MR) is 115 cm³/mol. The van der Waals surface area contributed by atoms with Crippen LogP contribution in [0.5, 0.6) is 0 Å². The van der Waals surface area contributed by atoms with Gasteiger partial charge in [-0.15, -0.1) is 0 Å². The van der Waals surface area contributed by atoms with Gasteiger partial charge in [0.15, 0.2) is 0 Å². The van der Waals surface area contributed by atoms with Crippen LogP contribution in [-0.2, 0) is 22.3 Å². The van der Waals surface area contributed by atoms with Gasteiger partial charge < -0.3 is 19.4 Å². The molecule has 0 unspecified atom stereocenters. The summed E-state index contributed by atoms with van der Waals surface area (Å²) in [4.78, 5) is 29.9. The van der Waals surface area contributed by atoms with Gasteiger partial charge in [0.25, 0.3) is 5.56 Å². The summed E-state index contributed by atoms with van der Waals surface area (Å²) in [5.41, 5.74) is -1.16. The Morgan fingerprint density at radius 3 is 2.67 bits per heavy atom. The molecule has 0 spiro atoms. The fourth-order valence-electron chi connectivity index (χ4n) is 4.35. The number of amides is 1. The van der Waals surface area contributed by atoms with Crippen molar-refractivity contribution in [2.24, 2.45) is 0 Å². The van der Waals surface area contributed by atoms with Crippen molar-refractivity contribution in [1.29, 1.82) is 0 Å². The van der Waals surface area contributed by atoms with E-state index in [9.17, 15) is 22.8 Å². The van der Waals surface area contributed by atoms with E-state index in [2.05, 4.69) is 10.00 Å². The summed E-state index contributed by atoms with van der Waals surface area (Å²) in [5.74, 6) is 0.00456. The number of aromatic nitrogens is 2. The van der Waals surface area contributed by atoms with Crippen LogP contribution in [-0.4, -0.2) is 72.3 Å². The van der Waals surface area contributed by atoms with Crippen molar-refractivity contribution in [3.05, 3.63) is 57.5 Å². The minimum Gasteiger partial charge on any atom is -0.378 e. The third kappa shape index (κ3) is 5.03. The Hall–Kier alpha value is -2.92. The Labute approximate surface area is 188 Å². The van der Waals surface area contributed by atoms with Crippen LogP contribution in [0.4, 0.5) is 18.9 Å². The number of piperazine rings is 1. The molecule has 4 rings (SSSR count). The Bertz CT molecular complexity index is 1050. The van der Waals surface area contributed by atoms with Gasteiger partial charge in [0.05, 0.1) is 37.6 Å². The number of likely N-dealkylation sites (N-methyl/N-ethyl adjacent to an activating group) is 1. The van der Waals surface area contributed by atoms with Crippen LogP contribution >= 0.6 is 0 Å². The number of nitrogens with one attached hydrogen (secondary N) is 1. The Morgan fingerprint density at radius 1 is 1.21 bits per heavy atom. The number of halogens is 3. The summed E-state index contributed by atoms with van der Waals surface area (Å²) in [6, 6.07) is 6.77. The Morgan fingerprint density at radius 2 is 1.94 bits per heavy atom. The molecule has 1 amide bonds. The lowest BCUT2D eigenvalue weighted by Gasteiger charge is -2.32. The molecule has 3 heterocycles. The molecule has 1 aromatic carbocycles. The summed E-state index contributed by atoms with van der Waals surface area (Å²) in [6.45, 7) is 3.44. The van der Waals surface area contributed by atoms with Crippen LogP contribution in [0.1, 0.15) is 29.2 Å². The highest BCUT2D eigenvalue weighted by Gasteiger charge is 2.41. The van der Waals surface area contributed by atoms with Gasteiger partial charge in [-0.1, -0.05) is 24.3 Å². The van der Waals surface area contributed by atoms with E-state index in [1.165, 1.54) is 4.90 Å². The maximum absolute atomic E-state index is 13.7. The molecular weight excluding hydrogens is 439 g/mol. The number of rotatable bonds is 6. The minimum atomic E-state index is -4.83. The van der Waals surface area contributed by atoms with Crippen molar-refractivity contribution < 1.29 is 22.7 Å². The van der Waals surface area contributed by atoms with Gasteiger partial charge in [-0.05, 0) is 18.2 Å². The zero-order valence-electron chi connectivity index (χ0n) is 18.3. The second-order valence-electron chi connectivity index (χ2n) is 8.31. The summed E-state index contributed by atoms with van der Waals surface area (Å²) >= 11 is 0. The largest absolute Gasteiger partial charge is 0.423 e. The van der Waals surface area contributed by atoms with Crippen LogP contribution in [0.15, 0.2) is 35.3 Å². The van der Waals surface area contributed by atoms with Gasteiger partial charge in [0, 0.05) is 32.7 Å². The zero-order chi connectivity index (χ0) is 23.6. The SMILES string of the molecule is CN1CCN(C(=O)CCOC[C@H]2c3ccccc3CN2c2cn[nH]c(=O)c2C(F)(F)F)CC1. The first-order valence-corrected chi connectivity index (χ1v) is 10.8. The molecule has 178 valence electrons. The fourth-order valence-corrected chi connectivity index (χ4v) is 4.35. The van der Waals surface area contributed by atoms with Crippen molar-refractivity contribution in [3.63, 3.8) is 0 Å². The first kappa shape index (κ1) is 23.2. The summed E-state index contributed by atoms with van der Waals surface area (Å²) in [7, 11) is 2.01. The van der Waals surface area contributed by atoms with Crippen molar-refractivity contribution in [3.8, 4) is 0 Å². The van der Waals surface area contributed by atoms with Gasteiger partial charge in [-0.25, -0.2) is 5.10 Å². The highest BCUT2D eigenvalue weighted by Crippen LogP contribution is 2.42. The van der Waals surface area contributed by atoms with Crippen LogP contribution in [0.25, 0.3) is 0 Å². The number of carbonyl (C=O) groups excluding carboxylic acids is 1. The lowest BCUT2D eigenvalue weighted by atomic mass is 10.1. The van der Waals surface area contributed by atoms with E-state index < -0.39 is 23.3 Å². The molecule has 1 fully saturated rings.